The lowest BCUT2D eigenvalue weighted by atomic mass is 9.74. The standard InChI is InChI=1S/C20H20F3NO2/c1-13(25)11-24(12-14-6-3-2-4-7-14)19(26)17-10-16-15(17)8-5-9-18(16)20(21,22)23/h2-9,13,17,25H,10-12H2,1H3. The number of benzene rings is 2. The van der Waals surface area contributed by atoms with Crippen molar-refractivity contribution in [2.24, 2.45) is 0 Å². The van der Waals surface area contributed by atoms with Gasteiger partial charge in [0.15, 0.2) is 0 Å². The number of nitrogens with zero attached hydrogens (tertiary/aromatic N) is 1. The molecule has 2 atom stereocenters. The van der Waals surface area contributed by atoms with Gasteiger partial charge in [-0.3, -0.25) is 4.79 Å². The predicted octanol–water partition coefficient (Wildman–Crippen LogP) is 3.75. The summed E-state index contributed by atoms with van der Waals surface area (Å²) in [5.74, 6) is -0.837. The third-order valence-electron chi connectivity index (χ3n) is 4.61. The molecule has 0 heterocycles. The summed E-state index contributed by atoms with van der Waals surface area (Å²) in [7, 11) is 0. The van der Waals surface area contributed by atoms with Crippen LogP contribution in [0.5, 0.6) is 0 Å². The van der Waals surface area contributed by atoms with Crippen molar-refractivity contribution in [3.05, 3.63) is 70.8 Å². The second kappa shape index (κ2) is 7.11. The van der Waals surface area contributed by atoms with Gasteiger partial charge in [-0.25, -0.2) is 0 Å². The van der Waals surface area contributed by atoms with Crippen LogP contribution in [0.4, 0.5) is 13.2 Å². The van der Waals surface area contributed by atoms with Crippen molar-refractivity contribution in [3.63, 3.8) is 0 Å². The van der Waals surface area contributed by atoms with Crippen molar-refractivity contribution in [1.82, 2.24) is 4.90 Å². The Hall–Kier alpha value is -2.34. The van der Waals surface area contributed by atoms with Gasteiger partial charge in [0.2, 0.25) is 5.91 Å². The molecule has 2 aromatic rings. The topological polar surface area (TPSA) is 40.5 Å². The number of hydrogen-bond donors (Lipinski definition) is 1. The number of fused-ring (bicyclic) bond motifs is 1. The number of carbonyl (C=O) groups is 1. The van der Waals surface area contributed by atoms with Gasteiger partial charge in [0, 0.05) is 13.1 Å². The number of alkyl halides is 3. The van der Waals surface area contributed by atoms with E-state index in [0.717, 1.165) is 11.6 Å². The monoisotopic (exact) mass is 363 g/mol. The van der Waals surface area contributed by atoms with Crippen LogP contribution in [-0.4, -0.2) is 28.6 Å². The smallest absolute Gasteiger partial charge is 0.392 e. The first-order valence-electron chi connectivity index (χ1n) is 8.47. The molecule has 1 N–H and O–H groups in total. The fourth-order valence-corrected chi connectivity index (χ4v) is 3.40. The van der Waals surface area contributed by atoms with Gasteiger partial charge >= 0.3 is 6.18 Å². The van der Waals surface area contributed by atoms with Crippen molar-refractivity contribution >= 4 is 5.91 Å². The van der Waals surface area contributed by atoms with E-state index < -0.39 is 23.8 Å². The lowest BCUT2D eigenvalue weighted by Crippen LogP contribution is -2.42. The molecule has 1 amide bonds. The summed E-state index contributed by atoms with van der Waals surface area (Å²) in [6.45, 7) is 2.04. The maximum Gasteiger partial charge on any atom is 0.416 e. The molecule has 2 unspecified atom stereocenters. The first kappa shape index (κ1) is 18.5. The molecule has 3 nitrogen and oxygen atoms in total. The third-order valence-corrected chi connectivity index (χ3v) is 4.61. The Morgan fingerprint density at radius 2 is 1.88 bits per heavy atom. The highest BCUT2D eigenvalue weighted by Gasteiger charge is 2.42. The van der Waals surface area contributed by atoms with Crippen LogP contribution in [0.1, 0.15) is 35.1 Å². The maximum absolute atomic E-state index is 13.1. The molecule has 0 bridgehead atoms. The molecular formula is C20H20F3NO2. The number of hydrogen-bond acceptors (Lipinski definition) is 2. The maximum atomic E-state index is 13.1. The van der Waals surface area contributed by atoms with Crippen molar-refractivity contribution in [2.75, 3.05) is 6.54 Å². The van der Waals surface area contributed by atoms with E-state index >= 15 is 0 Å². The van der Waals surface area contributed by atoms with E-state index in [1.54, 1.807) is 13.0 Å². The molecule has 0 radical (unpaired) electrons. The van der Waals surface area contributed by atoms with Crippen LogP contribution >= 0.6 is 0 Å². The lowest BCUT2D eigenvalue weighted by Gasteiger charge is -2.36. The van der Waals surface area contributed by atoms with Gasteiger partial charge in [-0.15, -0.1) is 0 Å². The van der Waals surface area contributed by atoms with Crippen molar-refractivity contribution < 1.29 is 23.1 Å². The van der Waals surface area contributed by atoms with E-state index in [1.165, 1.54) is 11.0 Å². The van der Waals surface area contributed by atoms with Gasteiger partial charge in [0.1, 0.15) is 0 Å². The number of halogens is 3. The summed E-state index contributed by atoms with van der Waals surface area (Å²) in [6.07, 6.45) is -5.05. The van der Waals surface area contributed by atoms with Crippen LogP contribution < -0.4 is 0 Å². The Morgan fingerprint density at radius 3 is 2.50 bits per heavy atom. The highest BCUT2D eigenvalue weighted by molar-refractivity contribution is 5.87. The van der Waals surface area contributed by atoms with E-state index in [1.807, 2.05) is 30.3 Å². The highest BCUT2D eigenvalue weighted by atomic mass is 19.4. The molecule has 0 saturated heterocycles. The Labute approximate surface area is 150 Å². The molecule has 6 heteroatoms. The number of aliphatic hydroxyl groups excluding tert-OH is 1. The van der Waals surface area contributed by atoms with Crippen molar-refractivity contribution in [2.45, 2.75) is 38.1 Å². The summed E-state index contributed by atoms with van der Waals surface area (Å²) in [4.78, 5) is 14.4. The molecule has 0 aromatic heterocycles. The fraction of sp³-hybridized carbons (Fsp3) is 0.350. The molecule has 1 aliphatic carbocycles. The van der Waals surface area contributed by atoms with Crippen molar-refractivity contribution in [3.8, 4) is 0 Å². The molecule has 138 valence electrons. The molecule has 0 saturated carbocycles. The van der Waals surface area contributed by atoms with Gasteiger partial charge < -0.3 is 10.0 Å². The summed E-state index contributed by atoms with van der Waals surface area (Å²) in [5.41, 5.74) is 0.887. The van der Waals surface area contributed by atoms with E-state index in [2.05, 4.69) is 0 Å². The lowest BCUT2D eigenvalue weighted by molar-refractivity contribution is -0.140. The van der Waals surface area contributed by atoms with Gasteiger partial charge in [0.25, 0.3) is 0 Å². The Kier molecular flexibility index (Phi) is 5.05. The Balaban J connectivity index is 1.83. The quantitative estimate of drug-likeness (QED) is 0.879. The van der Waals surface area contributed by atoms with Crippen LogP contribution in [0, 0.1) is 0 Å². The van der Waals surface area contributed by atoms with Gasteiger partial charge in [-0.1, -0.05) is 42.5 Å². The van der Waals surface area contributed by atoms with Crippen LogP contribution in [0.25, 0.3) is 0 Å². The zero-order valence-corrected chi connectivity index (χ0v) is 14.3. The van der Waals surface area contributed by atoms with E-state index in [9.17, 15) is 23.1 Å². The van der Waals surface area contributed by atoms with Crippen LogP contribution in [0.2, 0.25) is 0 Å². The van der Waals surface area contributed by atoms with Gasteiger partial charge in [-0.05, 0) is 36.1 Å². The number of rotatable bonds is 5. The average Bonchev–Trinajstić information content (AvgIpc) is 2.54. The number of carbonyl (C=O) groups excluding carboxylic acids is 1. The van der Waals surface area contributed by atoms with Crippen molar-refractivity contribution in [1.29, 1.82) is 0 Å². The number of amides is 1. The zero-order chi connectivity index (χ0) is 18.9. The molecule has 26 heavy (non-hydrogen) atoms. The van der Waals surface area contributed by atoms with Gasteiger partial charge in [0.05, 0.1) is 17.6 Å². The summed E-state index contributed by atoms with van der Waals surface area (Å²) < 4.78 is 39.2. The highest BCUT2D eigenvalue weighted by Crippen LogP contribution is 2.44. The first-order valence-corrected chi connectivity index (χ1v) is 8.47. The molecule has 2 aromatic carbocycles. The van der Waals surface area contributed by atoms with E-state index in [0.29, 0.717) is 12.1 Å². The molecule has 3 rings (SSSR count). The van der Waals surface area contributed by atoms with E-state index in [4.69, 9.17) is 0 Å². The predicted molar refractivity (Wildman–Crippen MR) is 91.4 cm³/mol. The summed E-state index contributed by atoms with van der Waals surface area (Å²) >= 11 is 0. The summed E-state index contributed by atoms with van der Waals surface area (Å²) in [5, 5.41) is 9.73. The zero-order valence-electron chi connectivity index (χ0n) is 14.3. The number of aliphatic hydroxyl groups is 1. The Bertz CT molecular complexity index is 787. The SMILES string of the molecule is CC(O)CN(Cc1ccccc1)C(=O)C1Cc2c1cccc2C(F)(F)F. The summed E-state index contributed by atoms with van der Waals surface area (Å²) in [6, 6.07) is 13.3. The minimum Gasteiger partial charge on any atom is -0.392 e. The van der Waals surface area contributed by atoms with Gasteiger partial charge in [-0.2, -0.15) is 13.2 Å². The fourth-order valence-electron chi connectivity index (χ4n) is 3.40. The minimum absolute atomic E-state index is 0.0783. The minimum atomic E-state index is -4.41. The molecule has 0 aliphatic heterocycles. The molecule has 0 fully saturated rings. The van der Waals surface area contributed by atoms with Crippen LogP contribution in [0.15, 0.2) is 48.5 Å². The molecule has 1 aliphatic rings. The third kappa shape index (κ3) is 3.75. The van der Waals surface area contributed by atoms with E-state index in [-0.39, 0.29) is 24.4 Å². The van der Waals surface area contributed by atoms with Crippen LogP contribution in [0.3, 0.4) is 0 Å². The second-order valence-corrected chi connectivity index (χ2v) is 6.68. The second-order valence-electron chi connectivity index (χ2n) is 6.68. The molecule has 0 spiro atoms. The average molecular weight is 363 g/mol. The van der Waals surface area contributed by atoms with Crippen LogP contribution in [-0.2, 0) is 23.9 Å². The normalized spacial score (nSPS) is 17.2. The largest absolute Gasteiger partial charge is 0.416 e. The Morgan fingerprint density at radius 1 is 1.19 bits per heavy atom. The molecular weight excluding hydrogens is 343 g/mol. The first-order chi connectivity index (χ1) is 12.3.